The van der Waals surface area contributed by atoms with Crippen LogP contribution in [0.3, 0.4) is 0 Å². The van der Waals surface area contributed by atoms with Gasteiger partial charge in [0.25, 0.3) is 0 Å². The van der Waals surface area contributed by atoms with E-state index < -0.39 is 0 Å². The third-order valence-corrected chi connectivity index (χ3v) is 15.0. The molecule has 0 N–H and O–H groups in total. The summed E-state index contributed by atoms with van der Waals surface area (Å²) in [5.41, 5.74) is 2.73. The zero-order valence-corrected chi connectivity index (χ0v) is 32.6. The van der Waals surface area contributed by atoms with Crippen LogP contribution in [0.4, 0.5) is 0 Å². The normalized spacial score (nSPS) is 34.9. The minimum atomic E-state index is 0.0645. The van der Waals surface area contributed by atoms with Gasteiger partial charge in [0.15, 0.2) is 0 Å². The summed E-state index contributed by atoms with van der Waals surface area (Å²) in [5, 5.41) is 0. The van der Waals surface area contributed by atoms with Crippen LogP contribution >= 0.6 is 0 Å². The van der Waals surface area contributed by atoms with Crippen molar-refractivity contribution in [2.75, 3.05) is 0 Å². The molecule has 2 heteroatoms. The summed E-state index contributed by atoms with van der Waals surface area (Å²) in [4.78, 5) is 12.9. The molecule has 4 aliphatic rings. The van der Waals surface area contributed by atoms with Gasteiger partial charge in [-0.25, -0.2) is 0 Å². The van der Waals surface area contributed by atoms with Gasteiger partial charge < -0.3 is 4.74 Å². The second kappa shape index (κ2) is 18.3. The SMILES string of the molecule is CCCC/C=C\CCCCCCCCCC(=O)O[C@H]1CC[C@]2(C)[C@H]3CC[C@]4(C)[C@@H]([C@H](C)CC[C@H](C)C(C)C)CC[C@H]4C3=CC[C@H]2[C@@H]1C. The van der Waals surface area contributed by atoms with E-state index in [1.165, 1.54) is 116 Å². The summed E-state index contributed by atoms with van der Waals surface area (Å²) >= 11 is 0. The van der Waals surface area contributed by atoms with Gasteiger partial charge >= 0.3 is 5.97 Å². The zero-order chi connectivity index (χ0) is 34.0. The number of esters is 1. The van der Waals surface area contributed by atoms with Gasteiger partial charge in [-0.3, -0.25) is 4.79 Å². The minimum Gasteiger partial charge on any atom is -0.462 e. The van der Waals surface area contributed by atoms with Gasteiger partial charge in [-0.2, -0.15) is 0 Å². The lowest BCUT2D eigenvalue weighted by Gasteiger charge is -2.59. The van der Waals surface area contributed by atoms with Crippen LogP contribution in [0.25, 0.3) is 0 Å². The number of fused-ring (bicyclic) bond motifs is 5. The van der Waals surface area contributed by atoms with Gasteiger partial charge in [0.1, 0.15) is 6.10 Å². The molecule has 0 spiro atoms. The zero-order valence-electron chi connectivity index (χ0n) is 32.6. The highest BCUT2D eigenvalue weighted by molar-refractivity contribution is 5.69. The third kappa shape index (κ3) is 9.60. The number of ether oxygens (including phenoxy) is 1. The Morgan fingerprint density at radius 3 is 2.17 bits per heavy atom. The van der Waals surface area contributed by atoms with E-state index in [0.717, 1.165) is 48.3 Å². The fourth-order valence-corrected chi connectivity index (χ4v) is 11.3. The third-order valence-electron chi connectivity index (χ3n) is 15.0. The lowest BCUT2D eigenvalue weighted by atomic mass is 9.46. The molecule has 3 fully saturated rings. The molecule has 47 heavy (non-hydrogen) atoms. The summed E-state index contributed by atoms with van der Waals surface area (Å²) in [7, 11) is 0. The Morgan fingerprint density at radius 1 is 0.830 bits per heavy atom. The summed E-state index contributed by atoms with van der Waals surface area (Å²) in [6.45, 7) is 19.8. The molecular weight excluding hydrogens is 572 g/mol. The van der Waals surface area contributed by atoms with Crippen LogP contribution in [0.2, 0.25) is 0 Å². The summed E-state index contributed by atoms with van der Waals surface area (Å²) in [5.74, 6) is 6.10. The van der Waals surface area contributed by atoms with Crippen LogP contribution in [0.1, 0.15) is 190 Å². The molecule has 0 aromatic rings. The maximum Gasteiger partial charge on any atom is 0.306 e. The predicted octanol–water partition coefficient (Wildman–Crippen LogP) is 13.7. The highest BCUT2D eigenvalue weighted by atomic mass is 16.5. The number of hydrogen-bond donors (Lipinski definition) is 0. The number of rotatable bonds is 19. The molecule has 0 aromatic carbocycles. The highest BCUT2D eigenvalue weighted by Crippen LogP contribution is 2.67. The Bertz CT molecular complexity index is 1010. The Morgan fingerprint density at radius 2 is 1.47 bits per heavy atom. The largest absolute Gasteiger partial charge is 0.462 e. The fraction of sp³-hybridized carbons (Fsp3) is 0.889. The molecule has 0 saturated heterocycles. The fourth-order valence-electron chi connectivity index (χ4n) is 11.3. The van der Waals surface area contributed by atoms with Gasteiger partial charge in [0, 0.05) is 6.42 Å². The van der Waals surface area contributed by atoms with E-state index in [2.05, 4.69) is 73.6 Å². The molecule has 0 aliphatic heterocycles. The van der Waals surface area contributed by atoms with Crippen molar-refractivity contribution in [3.63, 3.8) is 0 Å². The summed E-state index contributed by atoms with van der Waals surface area (Å²) in [6, 6.07) is 0. The van der Waals surface area contributed by atoms with E-state index in [1.54, 1.807) is 0 Å². The van der Waals surface area contributed by atoms with Crippen molar-refractivity contribution in [2.45, 2.75) is 196 Å². The highest BCUT2D eigenvalue weighted by Gasteiger charge is 2.59. The Kier molecular flexibility index (Phi) is 15.1. The molecule has 0 bridgehead atoms. The van der Waals surface area contributed by atoms with Gasteiger partial charge in [-0.15, -0.1) is 0 Å². The van der Waals surface area contributed by atoms with E-state index in [-0.39, 0.29) is 12.1 Å². The lowest BCUT2D eigenvalue weighted by molar-refractivity contribution is -0.161. The summed E-state index contributed by atoms with van der Waals surface area (Å²) in [6.07, 6.45) is 34.0. The first-order valence-electron chi connectivity index (χ1n) is 21.1. The average molecular weight is 651 g/mol. The molecule has 4 rings (SSSR count). The van der Waals surface area contributed by atoms with Crippen LogP contribution in [0.15, 0.2) is 23.8 Å². The lowest BCUT2D eigenvalue weighted by Crippen LogP contribution is -2.53. The standard InChI is InChI=1S/C45H78O2/c1-9-10-11-12-13-14-15-16-17-18-19-20-21-22-43(46)47-42-30-32-45(8)39(36(42)6)26-25-37-40-28-27-38(44(40,7)31-29-41(37)45)35(5)24-23-34(4)33(2)3/h12-13,25,33-36,38-42H,9-11,14-24,26-32H2,1-8H3/b13-12-/t34-,35+,36-,38+,39-,40-,41-,42-,44+,45-/m0/s1. The molecule has 2 nitrogen and oxygen atoms in total. The molecule has 4 aliphatic carbocycles. The van der Waals surface area contributed by atoms with E-state index in [0.29, 0.717) is 29.1 Å². The average Bonchev–Trinajstić information content (AvgIpc) is 3.40. The first kappa shape index (κ1) is 38.7. The van der Waals surface area contributed by atoms with Crippen molar-refractivity contribution in [2.24, 2.45) is 58.2 Å². The van der Waals surface area contributed by atoms with E-state index >= 15 is 0 Å². The van der Waals surface area contributed by atoms with Crippen molar-refractivity contribution in [3.05, 3.63) is 23.8 Å². The van der Waals surface area contributed by atoms with Crippen molar-refractivity contribution in [1.29, 1.82) is 0 Å². The molecule has 10 atom stereocenters. The van der Waals surface area contributed by atoms with Crippen molar-refractivity contribution in [1.82, 2.24) is 0 Å². The molecule has 0 amide bonds. The van der Waals surface area contributed by atoms with Crippen LogP contribution < -0.4 is 0 Å². The van der Waals surface area contributed by atoms with E-state index in [1.807, 2.05) is 5.57 Å². The number of carbonyl (C=O) groups excluding carboxylic acids is 1. The summed E-state index contributed by atoms with van der Waals surface area (Å²) < 4.78 is 6.25. The van der Waals surface area contributed by atoms with Crippen LogP contribution in [-0.2, 0) is 9.53 Å². The monoisotopic (exact) mass is 651 g/mol. The number of carbonyl (C=O) groups is 1. The Balaban J connectivity index is 1.20. The first-order chi connectivity index (χ1) is 22.5. The molecule has 270 valence electrons. The van der Waals surface area contributed by atoms with E-state index in [4.69, 9.17) is 4.74 Å². The topological polar surface area (TPSA) is 26.3 Å². The van der Waals surface area contributed by atoms with Crippen LogP contribution in [-0.4, -0.2) is 12.1 Å². The van der Waals surface area contributed by atoms with Gasteiger partial charge in [0.05, 0.1) is 0 Å². The molecular formula is C45H78O2. The Hall–Kier alpha value is -1.05. The second-order valence-electron chi connectivity index (χ2n) is 18.2. The quantitative estimate of drug-likeness (QED) is 0.0790. The van der Waals surface area contributed by atoms with Crippen molar-refractivity contribution < 1.29 is 9.53 Å². The molecule has 3 saturated carbocycles. The number of allylic oxidation sites excluding steroid dienone is 4. The minimum absolute atomic E-state index is 0.0645. The smallest absolute Gasteiger partial charge is 0.306 e. The van der Waals surface area contributed by atoms with E-state index in [9.17, 15) is 4.79 Å². The number of unbranched alkanes of at least 4 members (excludes halogenated alkanes) is 9. The first-order valence-corrected chi connectivity index (χ1v) is 21.1. The second-order valence-corrected chi connectivity index (χ2v) is 18.2. The maximum absolute atomic E-state index is 12.9. The van der Waals surface area contributed by atoms with Crippen LogP contribution in [0.5, 0.6) is 0 Å². The van der Waals surface area contributed by atoms with Crippen molar-refractivity contribution >= 4 is 5.97 Å². The van der Waals surface area contributed by atoms with Crippen LogP contribution in [0, 0.1) is 58.2 Å². The van der Waals surface area contributed by atoms with Gasteiger partial charge in [0.2, 0.25) is 0 Å². The van der Waals surface area contributed by atoms with Gasteiger partial charge in [-0.05, 0) is 129 Å². The number of hydrogen-bond acceptors (Lipinski definition) is 2. The van der Waals surface area contributed by atoms with Gasteiger partial charge in [-0.1, -0.05) is 137 Å². The molecule has 0 radical (unpaired) electrons. The Labute approximate surface area is 293 Å². The molecule has 0 unspecified atom stereocenters. The maximum atomic E-state index is 12.9. The van der Waals surface area contributed by atoms with Crippen molar-refractivity contribution in [3.8, 4) is 0 Å². The molecule has 0 aromatic heterocycles. The molecule has 0 heterocycles. The predicted molar refractivity (Wildman–Crippen MR) is 202 cm³/mol.